The van der Waals surface area contributed by atoms with E-state index in [-0.39, 0.29) is 6.61 Å². The molecule has 2 aromatic carbocycles. The largest absolute Gasteiger partial charge is 0.491 e. The molecule has 3 N–H and O–H groups in total. The van der Waals surface area contributed by atoms with E-state index < -0.39 is 12.8 Å². The molecule has 3 aromatic rings. The average molecular weight is 354 g/mol. The van der Waals surface area contributed by atoms with Crippen LogP contribution in [0.3, 0.4) is 0 Å². The predicted octanol–water partition coefficient (Wildman–Crippen LogP) is 4.15. The molecule has 136 valence electrons. The number of nitrogen functional groups attached to an aromatic ring is 1. The van der Waals surface area contributed by atoms with Crippen molar-refractivity contribution in [3.8, 4) is 17.0 Å². The van der Waals surface area contributed by atoms with Crippen molar-refractivity contribution in [3.63, 3.8) is 0 Å². The number of anilines is 1. The molecular weight excluding hydrogens is 331 g/mol. The van der Waals surface area contributed by atoms with E-state index in [4.69, 9.17) is 15.5 Å². The van der Waals surface area contributed by atoms with Crippen LogP contribution in [-0.4, -0.2) is 29.5 Å². The number of pyridine rings is 1. The maximum Gasteiger partial charge on any atom is 0.121 e. The number of ether oxygens (including phenoxy) is 1. The molecule has 4 nitrogen and oxygen atoms in total. The van der Waals surface area contributed by atoms with Crippen LogP contribution in [0.4, 0.5) is 10.1 Å². The molecule has 0 aliphatic rings. The normalized spacial score (nSPS) is 12.3. The van der Waals surface area contributed by atoms with Crippen LogP contribution in [0.25, 0.3) is 22.2 Å². The fraction of sp³-hybridized carbons (Fsp3) is 0.286. The molecule has 0 radical (unpaired) electrons. The van der Waals surface area contributed by atoms with Crippen LogP contribution in [0.5, 0.6) is 5.75 Å². The van der Waals surface area contributed by atoms with Gasteiger partial charge in [-0.15, -0.1) is 0 Å². The van der Waals surface area contributed by atoms with Crippen molar-refractivity contribution in [2.45, 2.75) is 25.9 Å². The van der Waals surface area contributed by atoms with Crippen molar-refractivity contribution in [2.75, 3.05) is 19.0 Å². The van der Waals surface area contributed by atoms with Gasteiger partial charge in [-0.25, -0.2) is 9.37 Å². The van der Waals surface area contributed by atoms with E-state index in [0.717, 1.165) is 35.0 Å². The molecule has 0 saturated carbocycles. The summed E-state index contributed by atoms with van der Waals surface area (Å²) in [6.07, 6.45) is 0.958. The van der Waals surface area contributed by atoms with Crippen LogP contribution in [0.15, 0.2) is 48.5 Å². The third kappa shape index (κ3) is 4.11. The number of hydrogen-bond donors (Lipinski definition) is 2. The number of aliphatic hydroxyl groups is 1. The second-order valence-corrected chi connectivity index (χ2v) is 6.34. The minimum Gasteiger partial charge on any atom is -0.491 e. The minimum absolute atomic E-state index is 0.0897. The van der Waals surface area contributed by atoms with E-state index >= 15 is 0 Å². The summed E-state index contributed by atoms with van der Waals surface area (Å²) in [7, 11) is 0. The molecular formula is C21H23FN2O2. The number of aliphatic hydroxyl groups excluding tert-OH is 1. The van der Waals surface area contributed by atoms with Crippen molar-refractivity contribution < 1.29 is 14.2 Å². The Bertz CT molecular complexity index is 898. The van der Waals surface area contributed by atoms with Gasteiger partial charge in [0, 0.05) is 22.7 Å². The van der Waals surface area contributed by atoms with Gasteiger partial charge in [0.2, 0.25) is 0 Å². The lowest BCUT2D eigenvalue weighted by atomic mass is 10.0. The number of halogens is 1. The highest BCUT2D eigenvalue weighted by Crippen LogP contribution is 2.28. The first-order valence-corrected chi connectivity index (χ1v) is 8.77. The second-order valence-electron chi connectivity index (χ2n) is 6.34. The zero-order valence-corrected chi connectivity index (χ0v) is 14.8. The van der Waals surface area contributed by atoms with Gasteiger partial charge in [0.1, 0.15) is 25.1 Å². The molecule has 0 saturated heterocycles. The van der Waals surface area contributed by atoms with Crippen LogP contribution in [0, 0.1) is 0 Å². The Hall–Kier alpha value is -2.66. The topological polar surface area (TPSA) is 68.4 Å². The lowest BCUT2D eigenvalue weighted by molar-refractivity contribution is 0.0842. The lowest BCUT2D eigenvalue weighted by Crippen LogP contribution is -2.19. The molecule has 1 unspecified atom stereocenters. The Morgan fingerprint density at radius 1 is 1.15 bits per heavy atom. The first-order valence-electron chi connectivity index (χ1n) is 8.77. The van der Waals surface area contributed by atoms with E-state index in [1.54, 1.807) is 12.1 Å². The summed E-state index contributed by atoms with van der Waals surface area (Å²) in [5, 5.41) is 10.3. The predicted molar refractivity (Wildman–Crippen MR) is 103 cm³/mol. The maximum absolute atomic E-state index is 12.3. The van der Waals surface area contributed by atoms with E-state index in [1.807, 2.05) is 30.3 Å². The Morgan fingerprint density at radius 3 is 2.69 bits per heavy atom. The molecule has 3 rings (SSSR count). The Labute approximate surface area is 152 Å². The van der Waals surface area contributed by atoms with Crippen LogP contribution in [0.1, 0.15) is 18.9 Å². The monoisotopic (exact) mass is 354 g/mol. The van der Waals surface area contributed by atoms with Crippen LogP contribution >= 0.6 is 0 Å². The number of hydrogen-bond acceptors (Lipinski definition) is 4. The molecule has 0 aliphatic carbocycles. The summed E-state index contributed by atoms with van der Waals surface area (Å²) in [6.45, 7) is 1.22. The van der Waals surface area contributed by atoms with E-state index in [2.05, 4.69) is 13.0 Å². The standard InChI is InChI=1S/C21H23FN2O2/c1-2-3-14-4-8-18(19(23)10-14)20-9-6-15-5-7-17(11-21(15)24-20)26-13-16(25)12-22/h4-11,16,25H,2-3,12-13,23H2,1H3. The van der Waals surface area contributed by atoms with Gasteiger partial charge in [0.25, 0.3) is 0 Å². The first kappa shape index (κ1) is 18.1. The molecule has 0 amide bonds. The molecule has 1 atom stereocenters. The van der Waals surface area contributed by atoms with Crippen LogP contribution in [0.2, 0.25) is 0 Å². The molecule has 1 heterocycles. The Balaban J connectivity index is 1.90. The van der Waals surface area contributed by atoms with Gasteiger partial charge in [-0.1, -0.05) is 31.5 Å². The minimum atomic E-state index is -1.12. The van der Waals surface area contributed by atoms with Crippen molar-refractivity contribution in [2.24, 2.45) is 0 Å². The number of alkyl halides is 1. The number of nitrogens with zero attached hydrogens (tertiary/aromatic N) is 1. The second kappa shape index (κ2) is 8.15. The van der Waals surface area contributed by atoms with Crippen LogP contribution < -0.4 is 10.5 Å². The van der Waals surface area contributed by atoms with Gasteiger partial charge in [-0.2, -0.15) is 0 Å². The SMILES string of the molecule is CCCc1ccc(-c2ccc3ccc(OCC(O)CF)cc3n2)c(N)c1. The van der Waals surface area contributed by atoms with Crippen LogP contribution in [-0.2, 0) is 6.42 Å². The lowest BCUT2D eigenvalue weighted by Gasteiger charge is -2.11. The van der Waals surface area contributed by atoms with E-state index in [9.17, 15) is 9.50 Å². The summed E-state index contributed by atoms with van der Waals surface area (Å²) >= 11 is 0. The first-order chi connectivity index (χ1) is 12.6. The fourth-order valence-corrected chi connectivity index (χ4v) is 2.86. The third-order valence-corrected chi connectivity index (χ3v) is 4.21. The van der Waals surface area contributed by atoms with E-state index in [1.165, 1.54) is 5.56 Å². The molecule has 0 spiro atoms. The highest BCUT2D eigenvalue weighted by Gasteiger charge is 2.08. The quantitative estimate of drug-likeness (QED) is 0.626. The van der Waals surface area contributed by atoms with E-state index in [0.29, 0.717) is 11.4 Å². The molecule has 0 fully saturated rings. The van der Waals surface area contributed by atoms with Crippen molar-refractivity contribution in [3.05, 3.63) is 54.1 Å². The molecule has 1 aromatic heterocycles. The van der Waals surface area contributed by atoms with Crippen molar-refractivity contribution in [1.82, 2.24) is 4.98 Å². The van der Waals surface area contributed by atoms with Gasteiger partial charge >= 0.3 is 0 Å². The number of aryl methyl sites for hydroxylation is 1. The smallest absolute Gasteiger partial charge is 0.121 e. The Morgan fingerprint density at radius 2 is 1.96 bits per heavy atom. The van der Waals surface area contributed by atoms with Gasteiger partial charge in [0.05, 0.1) is 11.2 Å². The summed E-state index contributed by atoms with van der Waals surface area (Å²) in [5.74, 6) is 0.543. The number of aromatic nitrogens is 1. The van der Waals surface area contributed by atoms with Gasteiger partial charge in [-0.05, 0) is 36.2 Å². The van der Waals surface area contributed by atoms with Gasteiger partial charge < -0.3 is 15.6 Å². The molecule has 0 aliphatic heterocycles. The Kier molecular flexibility index (Phi) is 5.68. The number of rotatable bonds is 7. The fourth-order valence-electron chi connectivity index (χ4n) is 2.86. The number of benzene rings is 2. The molecule has 5 heteroatoms. The third-order valence-electron chi connectivity index (χ3n) is 4.21. The maximum atomic E-state index is 12.3. The summed E-state index contributed by atoms with van der Waals surface area (Å²) in [6, 6.07) is 15.5. The summed E-state index contributed by atoms with van der Waals surface area (Å²) in [4.78, 5) is 4.69. The van der Waals surface area contributed by atoms with Gasteiger partial charge in [-0.3, -0.25) is 0 Å². The molecule has 0 bridgehead atoms. The summed E-state index contributed by atoms with van der Waals surface area (Å²) < 4.78 is 17.8. The molecule has 26 heavy (non-hydrogen) atoms. The number of fused-ring (bicyclic) bond motifs is 1. The summed E-state index contributed by atoms with van der Waals surface area (Å²) in [5.41, 5.74) is 10.6. The van der Waals surface area contributed by atoms with Crippen molar-refractivity contribution in [1.29, 1.82) is 0 Å². The highest BCUT2D eigenvalue weighted by atomic mass is 19.1. The highest BCUT2D eigenvalue weighted by molar-refractivity contribution is 5.85. The average Bonchev–Trinajstić information content (AvgIpc) is 2.66. The van der Waals surface area contributed by atoms with Crippen molar-refractivity contribution >= 4 is 16.6 Å². The number of nitrogens with two attached hydrogens (primary N) is 1. The van der Waals surface area contributed by atoms with Gasteiger partial charge in [0.15, 0.2) is 0 Å². The zero-order valence-electron chi connectivity index (χ0n) is 14.8. The zero-order chi connectivity index (χ0) is 18.5.